The van der Waals surface area contributed by atoms with E-state index in [1.807, 2.05) is 48.7 Å². The molecule has 0 fully saturated rings. The molecule has 0 radical (unpaired) electrons. The van der Waals surface area contributed by atoms with Crippen molar-refractivity contribution in [2.24, 2.45) is 4.99 Å². The average Bonchev–Trinajstić information content (AvgIpc) is 3.44. The lowest BCUT2D eigenvalue weighted by molar-refractivity contribution is -0.121. The standard InChI is InChI=1S/C36H41ClN6O8/c1-3-38-33(46)22-29-35-42-41-23(2)43(35)30-10-9-27(21-28(30)34(40-29)24-4-7-26(37)8-5-24)51-19-18-50-17-16-49-15-14-48-13-12-39-36(47)25-6-11-31(44)32(45)20-25/h4-11,20-21,29,44-45H,3,12-19,22H2,1-2H3,(H,38,46)(H,39,47). The molecule has 0 aliphatic carbocycles. The van der Waals surface area contributed by atoms with Gasteiger partial charge in [-0.1, -0.05) is 23.7 Å². The number of fused-ring (bicyclic) bond motifs is 3. The summed E-state index contributed by atoms with van der Waals surface area (Å²) in [4.78, 5) is 29.9. The van der Waals surface area contributed by atoms with Crippen molar-refractivity contribution < 1.29 is 38.7 Å². The number of phenols is 2. The summed E-state index contributed by atoms with van der Waals surface area (Å²) in [5.74, 6) is 0.728. The lowest BCUT2D eigenvalue weighted by Gasteiger charge is -2.15. The Morgan fingerprint density at radius 2 is 1.55 bits per heavy atom. The van der Waals surface area contributed by atoms with Gasteiger partial charge < -0.3 is 39.8 Å². The summed E-state index contributed by atoms with van der Waals surface area (Å²) in [6, 6.07) is 16.4. The summed E-state index contributed by atoms with van der Waals surface area (Å²) in [5.41, 5.74) is 3.38. The lowest BCUT2D eigenvalue weighted by Crippen LogP contribution is -2.27. The number of hydrogen-bond acceptors (Lipinski definition) is 11. The first-order valence-electron chi connectivity index (χ1n) is 16.6. The van der Waals surface area contributed by atoms with E-state index in [2.05, 4.69) is 20.8 Å². The minimum atomic E-state index is -0.565. The van der Waals surface area contributed by atoms with Crippen molar-refractivity contribution in [2.75, 3.05) is 59.3 Å². The van der Waals surface area contributed by atoms with Gasteiger partial charge in [0.2, 0.25) is 5.91 Å². The second-order valence-corrected chi connectivity index (χ2v) is 11.9. The van der Waals surface area contributed by atoms with E-state index in [0.717, 1.165) is 16.8 Å². The number of ether oxygens (including phenoxy) is 4. The largest absolute Gasteiger partial charge is 0.504 e. The van der Waals surface area contributed by atoms with E-state index < -0.39 is 6.04 Å². The molecule has 1 aliphatic rings. The Hall–Kier alpha value is -5.02. The second-order valence-electron chi connectivity index (χ2n) is 11.4. The third kappa shape index (κ3) is 10.0. The van der Waals surface area contributed by atoms with Gasteiger partial charge in [0.15, 0.2) is 17.3 Å². The molecule has 1 atom stereocenters. The maximum atomic E-state index is 12.7. The van der Waals surface area contributed by atoms with Crippen LogP contribution in [-0.4, -0.2) is 102 Å². The van der Waals surface area contributed by atoms with Crippen molar-refractivity contribution >= 4 is 29.1 Å². The van der Waals surface area contributed by atoms with Gasteiger partial charge in [-0.2, -0.15) is 0 Å². The van der Waals surface area contributed by atoms with E-state index in [1.165, 1.54) is 18.2 Å². The van der Waals surface area contributed by atoms with E-state index >= 15 is 0 Å². The van der Waals surface area contributed by atoms with Crippen LogP contribution in [0.4, 0.5) is 0 Å². The van der Waals surface area contributed by atoms with E-state index in [0.29, 0.717) is 80.9 Å². The first-order chi connectivity index (χ1) is 24.7. The summed E-state index contributed by atoms with van der Waals surface area (Å²) in [6.45, 7) is 6.94. The summed E-state index contributed by atoms with van der Waals surface area (Å²) >= 11 is 6.21. The summed E-state index contributed by atoms with van der Waals surface area (Å²) in [5, 5.41) is 33.7. The Kier molecular flexibility index (Phi) is 13.4. The van der Waals surface area contributed by atoms with Crippen molar-refractivity contribution in [3.8, 4) is 22.9 Å². The Bertz CT molecular complexity index is 1830. The number of phenolic OH excluding ortho intramolecular Hbond substituents is 2. The molecule has 0 bridgehead atoms. The van der Waals surface area contributed by atoms with Crippen molar-refractivity contribution in [3.63, 3.8) is 0 Å². The van der Waals surface area contributed by atoms with Gasteiger partial charge in [0.05, 0.1) is 57.5 Å². The van der Waals surface area contributed by atoms with Gasteiger partial charge in [0.1, 0.15) is 24.2 Å². The Balaban J connectivity index is 1.08. The minimum absolute atomic E-state index is 0.116. The van der Waals surface area contributed by atoms with Crippen LogP contribution in [0, 0.1) is 6.92 Å². The zero-order valence-corrected chi connectivity index (χ0v) is 29.2. The number of amides is 2. The van der Waals surface area contributed by atoms with Crippen LogP contribution in [0.3, 0.4) is 0 Å². The summed E-state index contributed by atoms with van der Waals surface area (Å²) in [7, 11) is 0. The van der Waals surface area contributed by atoms with Crippen molar-refractivity contribution in [1.29, 1.82) is 0 Å². The zero-order valence-electron chi connectivity index (χ0n) is 28.4. The smallest absolute Gasteiger partial charge is 0.251 e. The summed E-state index contributed by atoms with van der Waals surface area (Å²) < 4.78 is 24.7. The molecule has 0 saturated heterocycles. The molecule has 51 heavy (non-hydrogen) atoms. The third-order valence-electron chi connectivity index (χ3n) is 7.78. The fraction of sp³-hybridized carbons (Fsp3) is 0.361. The van der Waals surface area contributed by atoms with Crippen molar-refractivity contribution in [1.82, 2.24) is 25.4 Å². The number of carbonyl (C=O) groups is 2. The molecule has 3 aromatic carbocycles. The molecule has 0 spiro atoms. The van der Waals surface area contributed by atoms with Gasteiger partial charge >= 0.3 is 0 Å². The Morgan fingerprint density at radius 1 is 0.843 bits per heavy atom. The molecule has 0 saturated carbocycles. The van der Waals surface area contributed by atoms with E-state index in [1.54, 1.807) is 12.1 Å². The average molecular weight is 721 g/mol. The molecular formula is C36H41ClN6O8. The van der Waals surface area contributed by atoms with E-state index in [-0.39, 0.29) is 41.8 Å². The molecule has 15 heteroatoms. The van der Waals surface area contributed by atoms with Gasteiger partial charge in [-0.15, -0.1) is 10.2 Å². The van der Waals surface area contributed by atoms with E-state index in [4.69, 9.17) is 35.5 Å². The molecule has 2 amide bonds. The number of aliphatic imine (C=N–C) groups is 1. The highest BCUT2D eigenvalue weighted by molar-refractivity contribution is 6.30. The van der Waals surface area contributed by atoms with Crippen LogP contribution in [0.1, 0.15) is 52.5 Å². The van der Waals surface area contributed by atoms with Gasteiger partial charge in [0, 0.05) is 34.8 Å². The maximum absolute atomic E-state index is 12.7. The van der Waals surface area contributed by atoms with Crippen LogP contribution >= 0.6 is 11.6 Å². The lowest BCUT2D eigenvalue weighted by atomic mass is 10.00. The third-order valence-corrected chi connectivity index (χ3v) is 8.03. The number of halogens is 1. The topological polar surface area (TPSA) is 179 Å². The number of hydrogen-bond donors (Lipinski definition) is 4. The highest BCUT2D eigenvalue weighted by Gasteiger charge is 2.30. The minimum Gasteiger partial charge on any atom is -0.504 e. The molecule has 4 N–H and O–H groups in total. The summed E-state index contributed by atoms with van der Waals surface area (Å²) in [6.07, 6.45) is 0.116. The number of aromatic nitrogens is 3. The molecule has 270 valence electrons. The first kappa shape index (κ1) is 37.2. The number of nitrogens with one attached hydrogen (secondary N) is 2. The number of benzene rings is 3. The zero-order chi connectivity index (χ0) is 36.2. The first-order valence-corrected chi connectivity index (χ1v) is 17.0. The highest BCUT2D eigenvalue weighted by Crippen LogP contribution is 2.34. The molecule has 1 unspecified atom stereocenters. The molecule has 2 heterocycles. The molecule has 5 rings (SSSR count). The Labute approximate surface area is 300 Å². The number of aromatic hydroxyl groups is 2. The maximum Gasteiger partial charge on any atom is 0.251 e. The quantitative estimate of drug-likeness (QED) is 0.0870. The normalized spacial score (nSPS) is 13.5. The monoisotopic (exact) mass is 720 g/mol. The van der Waals surface area contributed by atoms with E-state index in [9.17, 15) is 19.8 Å². The molecular weight excluding hydrogens is 680 g/mol. The van der Waals surface area contributed by atoms with Crippen LogP contribution in [0.5, 0.6) is 17.2 Å². The van der Waals surface area contributed by atoms with Crippen LogP contribution in [0.15, 0.2) is 65.7 Å². The van der Waals surface area contributed by atoms with Crippen LogP contribution in [0.2, 0.25) is 5.02 Å². The number of carbonyl (C=O) groups excluding carboxylic acids is 2. The predicted octanol–water partition coefficient (Wildman–Crippen LogP) is 3.92. The molecule has 1 aromatic heterocycles. The fourth-order valence-electron chi connectivity index (χ4n) is 5.35. The second kappa shape index (κ2) is 18.3. The van der Waals surface area contributed by atoms with Gasteiger partial charge in [-0.3, -0.25) is 19.1 Å². The fourth-order valence-corrected chi connectivity index (χ4v) is 5.47. The predicted molar refractivity (Wildman–Crippen MR) is 189 cm³/mol. The van der Waals surface area contributed by atoms with Crippen LogP contribution < -0.4 is 15.4 Å². The SMILES string of the molecule is CCNC(=O)CC1N=C(c2ccc(Cl)cc2)c2cc(OCCOCCOCCOCCNC(=O)c3ccc(O)c(O)c3)ccc2-n2c(C)nnc21. The van der Waals surface area contributed by atoms with Crippen LogP contribution in [0.25, 0.3) is 5.69 Å². The van der Waals surface area contributed by atoms with Crippen molar-refractivity contribution in [2.45, 2.75) is 26.3 Å². The highest BCUT2D eigenvalue weighted by atomic mass is 35.5. The number of nitrogens with zero attached hydrogens (tertiary/aromatic N) is 4. The van der Waals surface area contributed by atoms with Gasteiger partial charge in [0.25, 0.3) is 5.91 Å². The van der Waals surface area contributed by atoms with Gasteiger partial charge in [-0.25, -0.2) is 0 Å². The molecule has 4 aromatic rings. The Morgan fingerprint density at radius 3 is 2.25 bits per heavy atom. The number of aryl methyl sites for hydroxylation is 1. The molecule has 1 aliphatic heterocycles. The van der Waals surface area contributed by atoms with Crippen molar-refractivity contribution in [3.05, 3.63) is 94.0 Å². The van der Waals surface area contributed by atoms with Crippen LogP contribution in [-0.2, 0) is 19.0 Å². The van der Waals surface area contributed by atoms with Gasteiger partial charge in [-0.05, 0) is 62.4 Å². The number of rotatable bonds is 18. The molecule has 14 nitrogen and oxygen atoms in total.